The fourth-order valence-corrected chi connectivity index (χ4v) is 3.16. The molecule has 0 bridgehead atoms. The first-order valence-electron chi connectivity index (χ1n) is 8.13. The normalized spacial score (nSPS) is 14.4. The van der Waals surface area contributed by atoms with Gasteiger partial charge in [-0.2, -0.15) is 0 Å². The molecular weight excluding hydrogens is 360 g/mol. The van der Waals surface area contributed by atoms with Gasteiger partial charge in [-0.05, 0) is 44.0 Å². The van der Waals surface area contributed by atoms with Gasteiger partial charge >= 0.3 is 0 Å². The van der Waals surface area contributed by atoms with Crippen molar-refractivity contribution >= 4 is 21.8 Å². The van der Waals surface area contributed by atoms with Crippen molar-refractivity contribution in [3.05, 3.63) is 22.2 Å². The Bertz CT molecular complexity index is 537. The van der Waals surface area contributed by atoms with Crippen molar-refractivity contribution in [2.45, 2.75) is 32.7 Å². The maximum Gasteiger partial charge on any atom is 0.222 e. The molecule has 0 spiro atoms. The molecule has 0 radical (unpaired) electrons. The largest absolute Gasteiger partial charge is 0.493 e. The lowest BCUT2D eigenvalue weighted by Gasteiger charge is -2.16. The second kappa shape index (κ2) is 9.13. The third kappa shape index (κ3) is 5.11. The van der Waals surface area contributed by atoms with Crippen molar-refractivity contribution in [1.82, 2.24) is 10.2 Å². The van der Waals surface area contributed by atoms with E-state index in [2.05, 4.69) is 21.2 Å². The van der Waals surface area contributed by atoms with E-state index in [-0.39, 0.29) is 0 Å². The Kier molecular flexibility index (Phi) is 7.17. The third-order valence-corrected chi connectivity index (χ3v) is 4.64. The van der Waals surface area contributed by atoms with Crippen molar-refractivity contribution in [2.75, 3.05) is 33.4 Å². The van der Waals surface area contributed by atoms with Crippen molar-refractivity contribution in [1.29, 1.82) is 0 Å². The lowest BCUT2D eigenvalue weighted by Crippen LogP contribution is -2.28. The predicted octanol–water partition coefficient (Wildman–Crippen LogP) is 2.96. The molecule has 6 heteroatoms. The molecule has 1 saturated heterocycles. The topological polar surface area (TPSA) is 50.8 Å². The summed E-state index contributed by atoms with van der Waals surface area (Å²) in [6, 6.07) is 3.94. The highest BCUT2D eigenvalue weighted by Crippen LogP contribution is 2.33. The van der Waals surface area contributed by atoms with Gasteiger partial charge in [-0.15, -0.1) is 0 Å². The molecule has 1 aromatic rings. The van der Waals surface area contributed by atoms with E-state index in [9.17, 15) is 4.79 Å². The zero-order valence-electron chi connectivity index (χ0n) is 13.9. The number of nitrogens with one attached hydrogen (secondary N) is 1. The molecule has 5 nitrogen and oxygen atoms in total. The minimum atomic E-state index is 0.295. The summed E-state index contributed by atoms with van der Waals surface area (Å²) in [6.07, 6.45) is 2.69. The number of carbonyl (C=O) groups excluding carboxylic acids is 1. The monoisotopic (exact) mass is 384 g/mol. The Labute approximate surface area is 146 Å². The number of hydrogen-bond acceptors (Lipinski definition) is 4. The number of ether oxygens (including phenoxy) is 2. The first kappa shape index (κ1) is 18.1. The van der Waals surface area contributed by atoms with Crippen LogP contribution in [0.5, 0.6) is 11.5 Å². The summed E-state index contributed by atoms with van der Waals surface area (Å²) >= 11 is 3.58. The van der Waals surface area contributed by atoms with Gasteiger partial charge in [-0.3, -0.25) is 4.79 Å². The smallest absolute Gasteiger partial charge is 0.222 e. The standard InChI is InChI=1S/C17H25BrN2O3/c1-3-23-16-11-14(18)13(10-15(16)22-2)12-19-7-5-9-20-8-4-6-17(20)21/h10-11,19H,3-9,12H2,1-2H3. The second-order valence-corrected chi connectivity index (χ2v) is 6.40. The van der Waals surface area contributed by atoms with Crippen LogP contribution in [0, 0.1) is 0 Å². The van der Waals surface area contributed by atoms with Crippen LogP contribution in [0.2, 0.25) is 0 Å². The molecule has 1 fully saturated rings. The number of rotatable bonds is 9. The number of carbonyl (C=O) groups is 1. The minimum Gasteiger partial charge on any atom is -0.493 e. The summed E-state index contributed by atoms with van der Waals surface area (Å²) in [7, 11) is 1.65. The van der Waals surface area contributed by atoms with Crippen LogP contribution < -0.4 is 14.8 Å². The highest BCUT2D eigenvalue weighted by Gasteiger charge is 2.18. The number of halogens is 1. The minimum absolute atomic E-state index is 0.295. The van der Waals surface area contributed by atoms with Crippen molar-refractivity contribution in [3.8, 4) is 11.5 Å². The molecule has 0 saturated carbocycles. The van der Waals surface area contributed by atoms with Gasteiger partial charge in [0.05, 0.1) is 13.7 Å². The zero-order valence-corrected chi connectivity index (χ0v) is 15.4. The highest BCUT2D eigenvalue weighted by atomic mass is 79.9. The van der Waals surface area contributed by atoms with Crippen LogP contribution in [0.15, 0.2) is 16.6 Å². The van der Waals surface area contributed by atoms with E-state index in [1.54, 1.807) is 7.11 Å². The van der Waals surface area contributed by atoms with E-state index in [1.165, 1.54) is 0 Å². The Hall–Kier alpha value is -1.27. The highest BCUT2D eigenvalue weighted by molar-refractivity contribution is 9.10. The van der Waals surface area contributed by atoms with Crippen molar-refractivity contribution in [3.63, 3.8) is 0 Å². The molecule has 1 aromatic carbocycles. The molecule has 0 aliphatic carbocycles. The SMILES string of the molecule is CCOc1cc(Br)c(CNCCCN2CCCC2=O)cc1OC. The molecule has 1 amide bonds. The molecule has 23 heavy (non-hydrogen) atoms. The molecule has 0 unspecified atom stereocenters. The van der Waals surface area contributed by atoms with E-state index >= 15 is 0 Å². The molecule has 2 rings (SSSR count). The van der Waals surface area contributed by atoms with Gasteiger partial charge in [0.1, 0.15) is 0 Å². The molecule has 1 aliphatic heterocycles. The Balaban J connectivity index is 1.79. The summed E-state index contributed by atoms with van der Waals surface area (Å²) in [4.78, 5) is 13.5. The summed E-state index contributed by atoms with van der Waals surface area (Å²) in [6.45, 7) is 5.95. The Morgan fingerprint density at radius 2 is 2.17 bits per heavy atom. The molecule has 0 atom stereocenters. The third-order valence-electron chi connectivity index (χ3n) is 3.90. The number of nitrogens with zero attached hydrogens (tertiary/aromatic N) is 1. The van der Waals surface area contributed by atoms with Gasteiger partial charge in [-0.25, -0.2) is 0 Å². The molecule has 0 aromatic heterocycles. The van der Waals surface area contributed by atoms with Crippen LogP contribution in [0.3, 0.4) is 0 Å². The number of amides is 1. The molecule has 1 heterocycles. The zero-order chi connectivity index (χ0) is 16.7. The van der Waals surface area contributed by atoms with E-state index in [0.29, 0.717) is 18.9 Å². The van der Waals surface area contributed by atoms with E-state index < -0.39 is 0 Å². The fraction of sp³-hybridized carbons (Fsp3) is 0.588. The average molecular weight is 385 g/mol. The second-order valence-electron chi connectivity index (χ2n) is 5.54. The maximum atomic E-state index is 11.5. The number of methoxy groups -OCH3 is 1. The number of likely N-dealkylation sites (tertiary alicyclic amines) is 1. The van der Waals surface area contributed by atoms with Gasteiger partial charge in [0.25, 0.3) is 0 Å². The van der Waals surface area contributed by atoms with Gasteiger partial charge in [0.15, 0.2) is 11.5 Å². The predicted molar refractivity (Wildman–Crippen MR) is 94.0 cm³/mol. The molecule has 1 aliphatic rings. The van der Waals surface area contributed by atoms with Crippen LogP contribution in [-0.4, -0.2) is 44.2 Å². The van der Waals surface area contributed by atoms with Crippen molar-refractivity contribution < 1.29 is 14.3 Å². The fourth-order valence-electron chi connectivity index (χ4n) is 2.70. The molecule has 128 valence electrons. The Morgan fingerprint density at radius 1 is 1.35 bits per heavy atom. The van der Waals surface area contributed by atoms with E-state index in [1.807, 2.05) is 24.0 Å². The summed E-state index contributed by atoms with van der Waals surface area (Å²) in [5, 5.41) is 3.42. The van der Waals surface area contributed by atoms with Crippen LogP contribution in [0.4, 0.5) is 0 Å². The van der Waals surface area contributed by atoms with Gasteiger partial charge in [0.2, 0.25) is 5.91 Å². The van der Waals surface area contributed by atoms with Crippen LogP contribution in [0.25, 0.3) is 0 Å². The van der Waals surface area contributed by atoms with Gasteiger partial charge < -0.3 is 19.7 Å². The first-order valence-corrected chi connectivity index (χ1v) is 8.92. The van der Waals surface area contributed by atoms with Gasteiger partial charge in [-0.1, -0.05) is 15.9 Å². The van der Waals surface area contributed by atoms with Crippen LogP contribution >= 0.6 is 15.9 Å². The van der Waals surface area contributed by atoms with E-state index in [4.69, 9.17) is 9.47 Å². The van der Waals surface area contributed by atoms with Crippen molar-refractivity contribution in [2.24, 2.45) is 0 Å². The first-order chi connectivity index (χ1) is 11.2. The lowest BCUT2D eigenvalue weighted by molar-refractivity contribution is -0.127. The summed E-state index contributed by atoms with van der Waals surface area (Å²) in [5.74, 6) is 1.79. The molecular formula is C17H25BrN2O3. The number of hydrogen-bond donors (Lipinski definition) is 1. The summed E-state index contributed by atoms with van der Waals surface area (Å²) < 4.78 is 11.9. The molecule has 1 N–H and O–H groups in total. The maximum absolute atomic E-state index is 11.5. The summed E-state index contributed by atoms with van der Waals surface area (Å²) in [5.41, 5.74) is 1.13. The average Bonchev–Trinajstić information content (AvgIpc) is 2.94. The van der Waals surface area contributed by atoms with E-state index in [0.717, 1.165) is 60.6 Å². The number of benzene rings is 1. The van der Waals surface area contributed by atoms with Gasteiger partial charge in [0, 0.05) is 30.5 Å². The van der Waals surface area contributed by atoms with Crippen LogP contribution in [0.1, 0.15) is 31.7 Å². The Morgan fingerprint density at radius 3 is 2.83 bits per heavy atom. The van der Waals surface area contributed by atoms with Crippen LogP contribution in [-0.2, 0) is 11.3 Å². The lowest BCUT2D eigenvalue weighted by atomic mass is 10.2. The quantitative estimate of drug-likeness (QED) is 0.664.